The lowest BCUT2D eigenvalue weighted by Gasteiger charge is -2.29. The first-order valence-electron chi connectivity index (χ1n) is 7.67. The Balaban J connectivity index is 1.40. The molecule has 20 heavy (non-hydrogen) atoms. The number of likely N-dealkylation sites (N-methyl/N-ethyl adjacent to an activating group) is 1. The molecule has 4 heteroatoms. The lowest BCUT2D eigenvalue weighted by Crippen LogP contribution is -2.46. The zero-order valence-corrected chi connectivity index (χ0v) is 13.2. The van der Waals surface area contributed by atoms with E-state index in [1.54, 1.807) is 0 Å². The third-order valence-corrected chi connectivity index (χ3v) is 5.54. The van der Waals surface area contributed by atoms with E-state index in [1.165, 1.54) is 49.6 Å². The summed E-state index contributed by atoms with van der Waals surface area (Å²) in [6.07, 6.45) is 1.23. The maximum Gasteiger partial charge on any atom is 0.0263 e. The molecule has 3 nitrogen and oxygen atoms in total. The van der Waals surface area contributed by atoms with Gasteiger partial charge in [0.1, 0.15) is 0 Å². The third-order valence-electron chi connectivity index (χ3n) is 4.24. The van der Waals surface area contributed by atoms with E-state index in [2.05, 4.69) is 58.2 Å². The first-order chi connectivity index (χ1) is 9.81. The third kappa shape index (κ3) is 3.76. The van der Waals surface area contributed by atoms with Crippen LogP contribution in [0.2, 0.25) is 0 Å². The molecule has 0 radical (unpaired) electrons. The van der Waals surface area contributed by atoms with Crippen LogP contribution in [0.1, 0.15) is 5.56 Å². The number of benzene rings is 1. The second-order valence-electron chi connectivity index (χ2n) is 5.91. The monoisotopic (exact) mass is 291 g/mol. The highest BCUT2D eigenvalue weighted by molar-refractivity contribution is 8.00. The average molecular weight is 291 g/mol. The SMILES string of the molecule is CN(CCN1CCNCC1)CC1Cc2ccccc2S1. The van der Waals surface area contributed by atoms with E-state index in [1.807, 2.05) is 0 Å². The van der Waals surface area contributed by atoms with Gasteiger partial charge in [-0.25, -0.2) is 0 Å². The summed E-state index contributed by atoms with van der Waals surface area (Å²) >= 11 is 2.06. The molecule has 2 heterocycles. The van der Waals surface area contributed by atoms with Gasteiger partial charge in [0.25, 0.3) is 0 Å². The number of hydrogen-bond donors (Lipinski definition) is 1. The molecule has 1 N–H and O–H groups in total. The molecule has 0 saturated carbocycles. The van der Waals surface area contributed by atoms with Crippen molar-refractivity contribution in [3.63, 3.8) is 0 Å². The molecule has 1 aromatic rings. The van der Waals surface area contributed by atoms with E-state index in [0.717, 1.165) is 18.3 Å². The van der Waals surface area contributed by atoms with Crippen molar-refractivity contribution in [2.24, 2.45) is 0 Å². The minimum atomic E-state index is 0.737. The fourth-order valence-electron chi connectivity index (χ4n) is 3.04. The molecule has 3 rings (SSSR count). The molecule has 0 aliphatic carbocycles. The molecule has 1 aromatic carbocycles. The zero-order chi connectivity index (χ0) is 13.8. The van der Waals surface area contributed by atoms with Crippen molar-refractivity contribution in [3.05, 3.63) is 29.8 Å². The Hall–Kier alpha value is -0.550. The zero-order valence-electron chi connectivity index (χ0n) is 12.3. The van der Waals surface area contributed by atoms with Gasteiger partial charge in [0.05, 0.1) is 0 Å². The predicted molar refractivity (Wildman–Crippen MR) is 86.6 cm³/mol. The number of piperazine rings is 1. The van der Waals surface area contributed by atoms with Gasteiger partial charge >= 0.3 is 0 Å². The van der Waals surface area contributed by atoms with E-state index < -0.39 is 0 Å². The molecular weight excluding hydrogens is 266 g/mol. The van der Waals surface area contributed by atoms with E-state index in [0.29, 0.717) is 0 Å². The van der Waals surface area contributed by atoms with Gasteiger partial charge < -0.3 is 10.2 Å². The van der Waals surface area contributed by atoms with Gasteiger partial charge in [0.2, 0.25) is 0 Å². The van der Waals surface area contributed by atoms with Crippen molar-refractivity contribution in [3.8, 4) is 0 Å². The smallest absolute Gasteiger partial charge is 0.0263 e. The average Bonchev–Trinajstić information content (AvgIpc) is 2.88. The standard InChI is InChI=1S/C16H25N3S/c1-18(10-11-19-8-6-17-7-9-19)13-15-12-14-4-2-3-5-16(14)20-15/h2-5,15,17H,6-13H2,1H3. The Morgan fingerprint density at radius 1 is 1.30 bits per heavy atom. The highest BCUT2D eigenvalue weighted by Gasteiger charge is 2.23. The molecule has 0 aromatic heterocycles. The Morgan fingerprint density at radius 2 is 2.10 bits per heavy atom. The summed E-state index contributed by atoms with van der Waals surface area (Å²) in [6, 6.07) is 8.86. The number of fused-ring (bicyclic) bond motifs is 1. The van der Waals surface area contributed by atoms with Gasteiger partial charge in [-0.3, -0.25) is 4.90 Å². The first-order valence-corrected chi connectivity index (χ1v) is 8.55. The molecule has 1 unspecified atom stereocenters. The fourth-order valence-corrected chi connectivity index (χ4v) is 4.45. The highest BCUT2D eigenvalue weighted by atomic mass is 32.2. The maximum atomic E-state index is 3.41. The second kappa shape index (κ2) is 6.94. The van der Waals surface area contributed by atoms with Crippen molar-refractivity contribution < 1.29 is 0 Å². The van der Waals surface area contributed by atoms with Gasteiger partial charge in [-0.2, -0.15) is 0 Å². The van der Waals surface area contributed by atoms with Crippen LogP contribution in [0.25, 0.3) is 0 Å². The molecule has 0 bridgehead atoms. The number of nitrogens with zero attached hydrogens (tertiary/aromatic N) is 2. The summed E-state index contributed by atoms with van der Waals surface area (Å²) < 4.78 is 0. The molecule has 1 atom stereocenters. The van der Waals surface area contributed by atoms with Crippen LogP contribution >= 0.6 is 11.8 Å². The van der Waals surface area contributed by atoms with Gasteiger partial charge in [-0.15, -0.1) is 11.8 Å². The van der Waals surface area contributed by atoms with Gasteiger partial charge in [0, 0.05) is 56.0 Å². The molecule has 2 aliphatic rings. The van der Waals surface area contributed by atoms with Crippen LogP contribution in [-0.2, 0) is 6.42 Å². The minimum absolute atomic E-state index is 0.737. The van der Waals surface area contributed by atoms with Crippen molar-refractivity contribution in [2.75, 3.05) is 52.9 Å². The molecule has 1 fully saturated rings. The summed E-state index contributed by atoms with van der Waals surface area (Å²) in [7, 11) is 2.27. The Kier molecular flexibility index (Phi) is 4.99. The van der Waals surface area contributed by atoms with E-state index >= 15 is 0 Å². The summed E-state index contributed by atoms with van der Waals surface area (Å²) in [5, 5.41) is 4.15. The molecule has 1 saturated heterocycles. The van der Waals surface area contributed by atoms with Crippen LogP contribution in [-0.4, -0.2) is 67.9 Å². The van der Waals surface area contributed by atoms with Crippen molar-refractivity contribution in [2.45, 2.75) is 16.6 Å². The quantitative estimate of drug-likeness (QED) is 0.886. The predicted octanol–water partition coefficient (Wildman–Crippen LogP) is 1.54. The van der Waals surface area contributed by atoms with Crippen LogP contribution in [0.3, 0.4) is 0 Å². The fraction of sp³-hybridized carbons (Fsp3) is 0.625. The topological polar surface area (TPSA) is 18.5 Å². The van der Waals surface area contributed by atoms with Gasteiger partial charge in [0.15, 0.2) is 0 Å². The van der Waals surface area contributed by atoms with Crippen LogP contribution in [0, 0.1) is 0 Å². The number of nitrogens with one attached hydrogen (secondary N) is 1. The van der Waals surface area contributed by atoms with Gasteiger partial charge in [-0.05, 0) is 25.1 Å². The van der Waals surface area contributed by atoms with E-state index in [-0.39, 0.29) is 0 Å². The van der Waals surface area contributed by atoms with E-state index in [4.69, 9.17) is 0 Å². The number of rotatable bonds is 5. The Morgan fingerprint density at radius 3 is 2.90 bits per heavy atom. The van der Waals surface area contributed by atoms with Crippen LogP contribution in [0.4, 0.5) is 0 Å². The summed E-state index contributed by atoms with van der Waals surface area (Å²) in [5.74, 6) is 0. The summed E-state index contributed by atoms with van der Waals surface area (Å²) in [6.45, 7) is 8.31. The molecular formula is C16H25N3S. The molecule has 110 valence electrons. The number of thioether (sulfide) groups is 1. The minimum Gasteiger partial charge on any atom is -0.314 e. The Bertz CT molecular complexity index is 406. The van der Waals surface area contributed by atoms with Crippen LogP contribution < -0.4 is 5.32 Å². The highest BCUT2D eigenvalue weighted by Crippen LogP contribution is 2.36. The van der Waals surface area contributed by atoms with Crippen molar-refractivity contribution in [1.29, 1.82) is 0 Å². The van der Waals surface area contributed by atoms with Gasteiger partial charge in [-0.1, -0.05) is 18.2 Å². The van der Waals surface area contributed by atoms with Crippen LogP contribution in [0.5, 0.6) is 0 Å². The molecule has 2 aliphatic heterocycles. The second-order valence-corrected chi connectivity index (χ2v) is 7.25. The van der Waals surface area contributed by atoms with Crippen molar-refractivity contribution >= 4 is 11.8 Å². The van der Waals surface area contributed by atoms with Crippen molar-refractivity contribution in [1.82, 2.24) is 15.1 Å². The first kappa shape index (κ1) is 14.4. The molecule has 0 spiro atoms. The van der Waals surface area contributed by atoms with E-state index in [9.17, 15) is 0 Å². The Labute approximate surface area is 126 Å². The lowest BCUT2D eigenvalue weighted by atomic mass is 10.1. The molecule has 0 amide bonds. The largest absolute Gasteiger partial charge is 0.314 e. The summed E-state index contributed by atoms with van der Waals surface area (Å²) in [4.78, 5) is 6.57. The number of hydrogen-bond acceptors (Lipinski definition) is 4. The maximum absolute atomic E-state index is 3.41. The normalized spacial score (nSPS) is 23.2. The van der Waals surface area contributed by atoms with Crippen LogP contribution in [0.15, 0.2) is 29.2 Å². The summed E-state index contributed by atoms with van der Waals surface area (Å²) in [5.41, 5.74) is 1.54. The lowest BCUT2D eigenvalue weighted by molar-refractivity contribution is 0.205.